The number of nitriles is 1. The van der Waals surface area contributed by atoms with Crippen LogP contribution in [0, 0.1) is 18.3 Å². The predicted octanol–water partition coefficient (Wildman–Crippen LogP) is 3.42. The van der Waals surface area contributed by atoms with Crippen molar-refractivity contribution in [3.05, 3.63) is 64.7 Å². The maximum absolute atomic E-state index is 12.6. The van der Waals surface area contributed by atoms with E-state index in [9.17, 15) is 10.1 Å². The molecule has 2 aromatic rings. The van der Waals surface area contributed by atoms with Crippen LogP contribution in [-0.4, -0.2) is 12.4 Å². The highest BCUT2D eigenvalue weighted by Gasteiger charge is 2.23. The molecule has 104 valence electrons. The normalized spacial score (nSPS) is 13.9. The van der Waals surface area contributed by atoms with Gasteiger partial charge in [0.2, 0.25) is 0 Å². The van der Waals surface area contributed by atoms with Crippen LogP contribution in [0.5, 0.6) is 5.75 Å². The second-order valence-electron chi connectivity index (χ2n) is 5.26. The summed E-state index contributed by atoms with van der Waals surface area (Å²) in [5.74, 6) is -0.0718. The molecule has 1 heterocycles. The van der Waals surface area contributed by atoms with E-state index in [1.165, 1.54) is 0 Å². The van der Waals surface area contributed by atoms with Crippen LogP contribution in [-0.2, 0) is 6.42 Å². The number of hydrogen-bond acceptors (Lipinski definition) is 3. The SMILES string of the molecule is Cc1ccc(C(C#N)C(=O)c2ccc3c(c2)CCO3)cc1. The standard InChI is InChI=1S/C18H15NO2/c1-12-2-4-13(5-3-12)16(11-19)18(20)15-6-7-17-14(10-15)8-9-21-17/h2-7,10,16H,8-9H2,1H3. The first-order valence-electron chi connectivity index (χ1n) is 6.95. The van der Waals surface area contributed by atoms with Crippen molar-refractivity contribution in [2.45, 2.75) is 19.3 Å². The van der Waals surface area contributed by atoms with Crippen LogP contribution >= 0.6 is 0 Å². The lowest BCUT2D eigenvalue weighted by Crippen LogP contribution is -2.11. The van der Waals surface area contributed by atoms with Gasteiger partial charge in [0.25, 0.3) is 0 Å². The second kappa shape index (κ2) is 5.41. The first kappa shape index (κ1) is 13.4. The summed E-state index contributed by atoms with van der Waals surface area (Å²) in [6.45, 7) is 2.64. The summed E-state index contributed by atoms with van der Waals surface area (Å²) in [6, 6.07) is 15.1. The molecular formula is C18H15NO2. The molecule has 3 heteroatoms. The Bertz CT molecular complexity index is 726. The van der Waals surface area contributed by atoms with Crippen molar-refractivity contribution in [3.63, 3.8) is 0 Å². The van der Waals surface area contributed by atoms with Gasteiger partial charge in [-0.15, -0.1) is 0 Å². The number of fused-ring (bicyclic) bond motifs is 1. The summed E-state index contributed by atoms with van der Waals surface area (Å²) in [6.07, 6.45) is 0.818. The first-order chi connectivity index (χ1) is 10.2. The lowest BCUT2D eigenvalue weighted by atomic mass is 9.90. The van der Waals surface area contributed by atoms with Crippen molar-refractivity contribution >= 4 is 5.78 Å². The minimum absolute atomic E-state index is 0.156. The fourth-order valence-electron chi connectivity index (χ4n) is 2.55. The summed E-state index contributed by atoms with van der Waals surface area (Å²) in [5, 5.41) is 9.38. The molecule has 3 nitrogen and oxygen atoms in total. The Morgan fingerprint density at radius 2 is 2.00 bits per heavy atom. The molecule has 0 saturated heterocycles. The van der Waals surface area contributed by atoms with Gasteiger partial charge in [-0.1, -0.05) is 29.8 Å². The number of rotatable bonds is 3. The summed E-state index contributed by atoms with van der Waals surface area (Å²) in [4.78, 5) is 12.6. The van der Waals surface area contributed by atoms with Gasteiger partial charge < -0.3 is 4.74 Å². The highest BCUT2D eigenvalue weighted by Crippen LogP contribution is 2.28. The van der Waals surface area contributed by atoms with E-state index >= 15 is 0 Å². The third-order valence-corrected chi connectivity index (χ3v) is 3.78. The molecule has 0 bridgehead atoms. The number of carbonyl (C=O) groups is 1. The molecule has 3 rings (SSSR count). The minimum Gasteiger partial charge on any atom is -0.493 e. The number of aryl methyl sites for hydroxylation is 1. The van der Waals surface area contributed by atoms with Gasteiger partial charge in [0, 0.05) is 12.0 Å². The Morgan fingerprint density at radius 1 is 1.24 bits per heavy atom. The topological polar surface area (TPSA) is 50.1 Å². The third-order valence-electron chi connectivity index (χ3n) is 3.78. The molecule has 2 aromatic carbocycles. The quantitative estimate of drug-likeness (QED) is 0.808. The van der Waals surface area contributed by atoms with E-state index in [1.54, 1.807) is 6.07 Å². The molecule has 0 spiro atoms. The van der Waals surface area contributed by atoms with Gasteiger partial charge in [-0.05, 0) is 36.2 Å². The van der Waals surface area contributed by atoms with E-state index in [0.717, 1.165) is 28.9 Å². The molecule has 21 heavy (non-hydrogen) atoms. The molecule has 1 unspecified atom stereocenters. The molecule has 0 amide bonds. The lowest BCUT2D eigenvalue weighted by molar-refractivity contribution is 0.0979. The Labute approximate surface area is 123 Å². The van der Waals surface area contributed by atoms with Crippen molar-refractivity contribution in [2.75, 3.05) is 6.61 Å². The number of ketones is 1. The minimum atomic E-state index is -0.758. The predicted molar refractivity (Wildman–Crippen MR) is 79.5 cm³/mol. The van der Waals surface area contributed by atoms with Crippen molar-refractivity contribution < 1.29 is 9.53 Å². The van der Waals surface area contributed by atoms with E-state index in [1.807, 2.05) is 43.3 Å². The van der Waals surface area contributed by atoms with Crippen molar-refractivity contribution in [1.82, 2.24) is 0 Å². The molecule has 0 N–H and O–H groups in total. The zero-order valence-corrected chi connectivity index (χ0v) is 11.8. The van der Waals surface area contributed by atoms with Crippen molar-refractivity contribution in [3.8, 4) is 11.8 Å². The number of ether oxygens (including phenoxy) is 1. The molecule has 1 aliphatic rings. The van der Waals surface area contributed by atoms with Crippen LogP contribution in [0.1, 0.15) is 33.0 Å². The molecule has 1 atom stereocenters. The summed E-state index contributed by atoms with van der Waals surface area (Å²) >= 11 is 0. The zero-order chi connectivity index (χ0) is 14.8. The van der Waals surface area contributed by atoms with Gasteiger partial charge in [0.1, 0.15) is 11.7 Å². The third kappa shape index (κ3) is 2.53. The number of nitrogens with zero attached hydrogens (tertiary/aromatic N) is 1. The average molecular weight is 277 g/mol. The van der Waals surface area contributed by atoms with Gasteiger partial charge in [0.05, 0.1) is 12.7 Å². The number of carbonyl (C=O) groups excluding carboxylic acids is 1. The average Bonchev–Trinajstić information content (AvgIpc) is 2.97. The highest BCUT2D eigenvalue weighted by molar-refractivity contribution is 6.03. The molecular weight excluding hydrogens is 262 g/mol. The molecule has 0 fully saturated rings. The van der Waals surface area contributed by atoms with E-state index in [0.29, 0.717) is 12.2 Å². The molecule has 0 saturated carbocycles. The number of benzene rings is 2. The van der Waals surface area contributed by atoms with Crippen LogP contribution in [0.15, 0.2) is 42.5 Å². The van der Waals surface area contributed by atoms with E-state index < -0.39 is 5.92 Å². The molecule has 0 aromatic heterocycles. The van der Waals surface area contributed by atoms with E-state index in [4.69, 9.17) is 4.74 Å². The van der Waals surface area contributed by atoms with Gasteiger partial charge in [-0.2, -0.15) is 5.26 Å². The summed E-state index contributed by atoms with van der Waals surface area (Å²) in [7, 11) is 0. The molecule has 0 aliphatic carbocycles. The maximum atomic E-state index is 12.6. The number of hydrogen-bond donors (Lipinski definition) is 0. The fourth-order valence-corrected chi connectivity index (χ4v) is 2.55. The molecule has 1 aliphatic heterocycles. The van der Waals surface area contributed by atoms with Crippen LogP contribution < -0.4 is 4.74 Å². The Kier molecular flexibility index (Phi) is 3.45. The highest BCUT2D eigenvalue weighted by atomic mass is 16.5. The summed E-state index contributed by atoms with van der Waals surface area (Å²) in [5.41, 5.74) is 3.47. The van der Waals surface area contributed by atoms with Crippen LogP contribution in [0.4, 0.5) is 0 Å². The Hall–Kier alpha value is -2.60. The van der Waals surface area contributed by atoms with Gasteiger partial charge in [0.15, 0.2) is 5.78 Å². The van der Waals surface area contributed by atoms with Gasteiger partial charge >= 0.3 is 0 Å². The van der Waals surface area contributed by atoms with Gasteiger partial charge in [-0.25, -0.2) is 0 Å². The lowest BCUT2D eigenvalue weighted by Gasteiger charge is -2.10. The Morgan fingerprint density at radius 3 is 2.71 bits per heavy atom. The first-order valence-corrected chi connectivity index (χ1v) is 6.95. The largest absolute Gasteiger partial charge is 0.493 e. The van der Waals surface area contributed by atoms with E-state index in [-0.39, 0.29) is 5.78 Å². The van der Waals surface area contributed by atoms with Gasteiger partial charge in [-0.3, -0.25) is 4.79 Å². The zero-order valence-electron chi connectivity index (χ0n) is 11.8. The molecule has 0 radical (unpaired) electrons. The van der Waals surface area contributed by atoms with Crippen LogP contribution in [0.25, 0.3) is 0 Å². The number of Topliss-reactive ketones (excluding diaryl/α,β-unsaturated/α-hetero) is 1. The second-order valence-corrected chi connectivity index (χ2v) is 5.26. The van der Waals surface area contributed by atoms with Crippen molar-refractivity contribution in [2.24, 2.45) is 0 Å². The summed E-state index contributed by atoms with van der Waals surface area (Å²) < 4.78 is 5.44. The smallest absolute Gasteiger partial charge is 0.184 e. The van der Waals surface area contributed by atoms with Crippen LogP contribution in [0.3, 0.4) is 0 Å². The Balaban J connectivity index is 1.92. The fraction of sp³-hybridized carbons (Fsp3) is 0.222. The monoisotopic (exact) mass is 277 g/mol. The van der Waals surface area contributed by atoms with Crippen molar-refractivity contribution in [1.29, 1.82) is 5.26 Å². The van der Waals surface area contributed by atoms with Crippen LogP contribution in [0.2, 0.25) is 0 Å². The van der Waals surface area contributed by atoms with E-state index in [2.05, 4.69) is 6.07 Å². The maximum Gasteiger partial charge on any atom is 0.184 e.